The van der Waals surface area contributed by atoms with Crippen LogP contribution in [0.25, 0.3) is 10.9 Å². The van der Waals surface area contributed by atoms with Gasteiger partial charge in [0.25, 0.3) is 0 Å². The lowest BCUT2D eigenvalue weighted by atomic mass is 10.1. The molecule has 102 valence electrons. The Labute approximate surface area is 117 Å². The first-order valence-corrected chi connectivity index (χ1v) is 6.60. The fraction of sp³-hybridized carbons (Fsp3) is 0.200. The predicted octanol–water partition coefficient (Wildman–Crippen LogP) is 2.43. The van der Waals surface area contributed by atoms with Gasteiger partial charge in [-0.15, -0.1) is 0 Å². The lowest BCUT2D eigenvalue weighted by Crippen LogP contribution is -2.11. The molecule has 0 bridgehead atoms. The highest BCUT2D eigenvalue weighted by Crippen LogP contribution is 2.26. The minimum Gasteiger partial charge on any atom is -0.397 e. The topological polar surface area (TPSA) is 68.8 Å². The van der Waals surface area contributed by atoms with Crippen LogP contribution in [0.15, 0.2) is 42.9 Å². The summed E-state index contributed by atoms with van der Waals surface area (Å²) in [6.07, 6.45) is 5.65. The maximum atomic E-state index is 5.94. The number of aryl methyl sites for hydroxylation is 1. The van der Waals surface area contributed by atoms with E-state index in [-0.39, 0.29) is 0 Å². The molecule has 20 heavy (non-hydrogen) atoms. The molecular weight excluding hydrogens is 250 g/mol. The Hall–Kier alpha value is -2.56. The second-order valence-electron chi connectivity index (χ2n) is 4.81. The van der Waals surface area contributed by atoms with Crippen LogP contribution >= 0.6 is 0 Å². The maximum absolute atomic E-state index is 5.94. The summed E-state index contributed by atoms with van der Waals surface area (Å²) in [7, 11) is 0. The number of benzene rings is 1. The Balaban J connectivity index is 1.76. The second-order valence-corrected chi connectivity index (χ2v) is 4.81. The summed E-state index contributed by atoms with van der Waals surface area (Å²) in [5, 5.41) is 8.73. The van der Waals surface area contributed by atoms with Gasteiger partial charge in [-0.2, -0.15) is 5.10 Å². The van der Waals surface area contributed by atoms with Crippen molar-refractivity contribution in [1.29, 1.82) is 0 Å². The van der Waals surface area contributed by atoms with Crippen molar-refractivity contribution in [3.63, 3.8) is 0 Å². The molecule has 0 atom stereocenters. The molecule has 2 aromatic heterocycles. The molecule has 0 radical (unpaired) electrons. The van der Waals surface area contributed by atoms with Crippen molar-refractivity contribution in [2.24, 2.45) is 0 Å². The highest BCUT2D eigenvalue weighted by atomic mass is 15.3. The highest BCUT2D eigenvalue weighted by molar-refractivity contribution is 5.98. The first-order chi connectivity index (χ1) is 9.74. The molecule has 2 heterocycles. The number of fused-ring (bicyclic) bond motifs is 1. The summed E-state index contributed by atoms with van der Waals surface area (Å²) in [6, 6.07) is 7.83. The zero-order chi connectivity index (χ0) is 13.9. The van der Waals surface area contributed by atoms with Gasteiger partial charge in [-0.25, -0.2) is 0 Å². The van der Waals surface area contributed by atoms with Crippen LogP contribution in [-0.2, 0) is 6.54 Å². The first kappa shape index (κ1) is 12.5. The minimum absolute atomic E-state index is 0.703. The largest absolute Gasteiger partial charge is 0.397 e. The van der Waals surface area contributed by atoms with E-state index in [9.17, 15) is 0 Å². The Bertz CT molecular complexity index is 732. The summed E-state index contributed by atoms with van der Waals surface area (Å²) >= 11 is 0. The predicted molar refractivity (Wildman–Crippen MR) is 81.6 cm³/mol. The van der Waals surface area contributed by atoms with Gasteiger partial charge in [0.05, 0.1) is 23.9 Å². The number of hydrogen-bond acceptors (Lipinski definition) is 4. The Morgan fingerprint density at radius 2 is 2.20 bits per heavy atom. The van der Waals surface area contributed by atoms with Crippen molar-refractivity contribution in [3.05, 3.63) is 48.4 Å². The normalized spacial score (nSPS) is 10.8. The number of rotatable bonds is 4. The average molecular weight is 267 g/mol. The second kappa shape index (κ2) is 5.21. The monoisotopic (exact) mass is 267 g/mol. The molecule has 5 heteroatoms. The highest BCUT2D eigenvalue weighted by Gasteiger charge is 2.04. The number of hydrogen-bond donors (Lipinski definition) is 2. The van der Waals surface area contributed by atoms with E-state index in [4.69, 9.17) is 5.73 Å². The number of pyridine rings is 1. The summed E-state index contributed by atoms with van der Waals surface area (Å²) in [6.45, 7) is 3.66. The van der Waals surface area contributed by atoms with Crippen molar-refractivity contribution in [2.75, 3.05) is 17.6 Å². The number of anilines is 2. The Morgan fingerprint density at radius 1 is 1.30 bits per heavy atom. The number of nitrogens with one attached hydrogen (secondary N) is 1. The van der Waals surface area contributed by atoms with E-state index in [0.717, 1.165) is 29.7 Å². The average Bonchev–Trinajstić information content (AvgIpc) is 2.87. The van der Waals surface area contributed by atoms with Gasteiger partial charge in [-0.05, 0) is 36.8 Å². The van der Waals surface area contributed by atoms with E-state index in [1.54, 1.807) is 6.20 Å². The van der Waals surface area contributed by atoms with Crippen molar-refractivity contribution in [3.8, 4) is 0 Å². The van der Waals surface area contributed by atoms with Gasteiger partial charge < -0.3 is 11.1 Å². The van der Waals surface area contributed by atoms with Crippen molar-refractivity contribution < 1.29 is 0 Å². The van der Waals surface area contributed by atoms with Crippen LogP contribution in [0.1, 0.15) is 5.56 Å². The van der Waals surface area contributed by atoms with Crippen molar-refractivity contribution in [1.82, 2.24) is 14.8 Å². The summed E-state index contributed by atoms with van der Waals surface area (Å²) in [5.74, 6) is 0. The number of aromatic nitrogens is 3. The van der Waals surface area contributed by atoms with Crippen LogP contribution in [0.3, 0.4) is 0 Å². The molecule has 5 nitrogen and oxygen atoms in total. The molecule has 0 aliphatic rings. The van der Waals surface area contributed by atoms with Gasteiger partial charge in [0.15, 0.2) is 0 Å². The van der Waals surface area contributed by atoms with E-state index in [0.29, 0.717) is 5.69 Å². The van der Waals surface area contributed by atoms with Gasteiger partial charge >= 0.3 is 0 Å². The molecule has 0 saturated carbocycles. The lowest BCUT2D eigenvalue weighted by Gasteiger charge is -2.10. The van der Waals surface area contributed by atoms with Gasteiger partial charge in [0.1, 0.15) is 0 Å². The number of nitrogen functional groups attached to an aromatic ring is 1. The third kappa shape index (κ3) is 2.42. The summed E-state index contributed by atoms with van der Waals surface area (Å²) in [4.78, 5) is 4.33. The van der Waals surface area contributed by atoms with Crippen LogP contribution in [0, 0.1) is 6.92 Å². The van der Waals surface area contributed by atoms with Crippen LogP contribution < -0.4 is 11.1 Å². The molecule has 3 N–H and O–H groups in total. The van der Waals surface area contributed by atoms with E-state index in [1.807, 2.05) is 48.3 Å². The Kier molecular flexibility index (Phi) is 3.25. The van der Waals surface area contributed by atoms with Crippen molar-refractivity contribution >= 4 is 22.3 Å². The smallest absolute Gasteiger partial charge is 0.0951 e. The van der Waals surface area contributed by atoms with E-state index in [1.165, 1.54) is 5.56 Å². The zero-order valence-electron chi connectivity index (χ0n) is 11.4. The molecule has 3 rings (SSSR count). The SMILES string of the molecule is Cc1cnn(CCNc2ccc(N)c3ncccc23)c1. The third-order valence-corrected chi connectivity index (χ3v) is 3.22. The maximum Gasteiger partial charge on any atom is 0.0951 e. The quantitative estimate of drug-likeness (QED) is 0.712. The van der Waals surface area contributed by atoms with E-state index >= 15 is 0 Å². The molecule has 0 spiro atoms. The van der Waals surface area contributed by atoms with Gasteiger partial charge in [-0.1, -0.05) is 0 Å². The summed E-state index contributed by atoms with van der Waals surface area (Å²) < 4.78 is 1.93. The lowest BCUT2D eigenvalue weighted by molar-refractivity contribution is 0.638. The third-order valence-electron chi connectivity index (χ3n) is 3.22. The molecule has 1 aromatic carbocycles. The number of nitrogens with zero attached hydrogens (tertiary/aromatic N) is 3. The van der Waals surface area contributed by atoms with Crippen LogP contribution in [0.5, 0.6) is 0 Å². The first-order valence-electron chi connectivity index (χ1n) is 6.60. The standard InChI is InChI=1S/C15H17N5/c1-11-9-19-20(10-11)8-7-17-14-5-4-13(16)15-12(14)3-2-6-18-15/h2-6,9-10,17H,7-8,16H2,1H3. The summed E-state index contributed by atoms with van der Waals surface area (Å²) in [5.41, 5.74) is 9.71. The van der Waals surface area contributed by atoms with E-state index < -0.39 is 0 Å². The molecule has 0 saturated heterocycles. The van der Waals surface area contributed by atoms with E-state index in [2.05, 4.69) is 15.4 Å². The number of nitrogens with two attached hydrogens (primary N) is 1. The molecule has 0 amide bonds. The molecule has 3 aromatic rings. The van der Waals surface area contributed by atoms with Crippen LogP contribution in [0.2, 0.25) is 0 Å². The molecule has 0 fully saturated rings. The van der Waals surface area contributed by atoms with Crippen molar-refractivity contribution in [2.45, 2.75) is 13.5 Å². The fourth-order valence-corrected chi connectivity index (χ4v) is 2.24. The molecular formula is C15H17N5. The molecule has 0 aliphatic carbocycles. The van der Waals surface area contributed by atoms with Gasteiger partial charge in [-0.3, -0.25) is 9.67 Å². The van der Waals surface area contributed by atoms with Crippen LogP contribution in [0.4, 0.5) is 11.4 Å². The van der Waals surface area contributed by atoms with Gasteiger partial charge in [0.2, 0.25) is 0 Å². The zero-order valence-corrected chi connectivity index (χ0v) is 11.4. The van der Waals surface area contributed by atoms with Gasteiger partial charge in [0, 0.05) is 30.0 Å². The Morgan fingerprint density at radius 3 is 3.00 bits per heavy atom. The molecule has 0 unspecified atom stereocenters. The minimum atomic E-state index is 0.703. The van der Waals surface area contributed by atoms with Crippen LogP contribution in [-0.4, -0.2) is 21.3 Å². The molecule has 0 aliphatic heterocycles. The fourth-order valence-electron chi connectivity index (χ4n) is 2.24.